The van der Waals surface area contributed by atoms with Gasteiger partial charge >= 0.3 is 0 Å². The topological polar surface area (TPSA) is 73.6 Å². The van der Waals surface area contributed by atoms with Crippen molar-refractivity contribution < 1.29 is 18.7 Å². The monoisotopic (exact) mass is 340 g/mol. The molecule has 0 saturated heterocycles. The van der Waals surface area contributed by atoms with Gasteiger partial charge in [0.2, 0.25) is 0 Å². The third kappa shape index (κ3) is 3.57. The molecule has 0 atom stereocenters. The molecule has 0 unspecified atom stereocenters. The first kappa shape index (κ1) is 16.8. The van der Waals surface area contributed by atoms with E-state index in [9.17, 15) is 4.79 Å². The molecule has 6 nitrogen and oxygen atoms in total. The molecular formula is C19H20N2O4. The fourth-order valence-electron chi connectivity index (χ4n) is 2.72. The Balaban J connectivity index is 1.68. The molecule has 0 radical (unpaired) electrons. The number of aryl methyl sites for hydroxylation is 1. The number of hydrogen-bond donors (Lipinski definition) is 1. The van der Waals surface area contributed by atoms with Crippen LogP contribution in [0.4, 0.5) is 0 Å². The van der Waals surface area contributed by atoms with Gasteiger partial charge in [-0.25, -0.2) is 4.98 Å². The molecule has 0 aliphatic carbocycles. The highest BCUT2D eigenvalue weighted by atomic mass is 16.5. The number of methoxy groups -OCH3 is 2. The average molecular weight is 340 g/mol. The highest BCUT2D eigenvalue weighted by Gasteiger charge is 2.17. The molecule has 25 heavy (non-hydrogen) atoms. The first-order valence-electron chi connectivity index (χ1n) is 7.97. The molecule has 6 heteroatoms. The van der Waals surface area contributed by atoms with E-state index in [2.05, 4.69) is 10.3 Å². The van der Waals surface area contributed by atoms with Gasteiger partial charge in [0, 0.05) is 13.5 Å². The number of aromatic nitrogens is 1. The molecule has 0 saturated carbocycles. The zero-order valence-corrected chi connectivity index (χ0v) is 14.5. The fourth-order valence-corrected chi connectivity index (χ4v) is 2.72. The number of amides is 1. The van der Waals surface area contributed by atoms with Crippen LogP contribution in [0.1, 0.15) is 21.8 Å². The maximum absolute atomic E-state index is 12.5. The van der Waals surface area contributed by atoms with Crippen molar-refractivity contribution in [3.8, 4) is 11.5 Å². The normalized spacial score (nSPS) is 10.7. The van der Waals surface area contributed by atoms with E-state index in [0.29, 0.717) is 35.9 Å². The summed E-state index contributed by atoms with van der Waals surface area (Å²) in [5.74, 6) is 1.38. The van der Waals surface area contributed by atoms with Crippen LogP contribution in [0, 0.1) is 6.92 Å². The summed E-state index contributed by atoms with van der Waals surface area (Å²) >= 11 is 0. The molecule has 0 aliphatic rings. The standard InChI is InChI=1S/C19H20N2O4/c1-12-21-14-8-7-13(11-17(14)25-12)9-10-20-19(22)18-15(23-2)5-4-6-16(18)24-3/h4-8,11H,9-10H2,1-3H3,(H,20,22). The molecule has 0 fully saturated rings. The lowest BCUT2D eigenvalue weighted by Gasteiger charge is -2.13. The summed E-state index contributed by atoms with van der Waals surface area (Å²) < 4.78 is 16.1. The van der Waals surface area contributed by atoms with Gasteiger partial charge in [-0.2, -0.15) is 0 Å². The lowest BCUT2D eigenvalue weighted by molar-refractivity contribution is 0.0948. The minimum Gasteiger partial charge on any atom is -0.496 e. The van der Waals surface area contributed by atoms with Gasteiger partial charge in [0.25, 0.3) is 5.91 Å². The van der Waals surface area contributed by atoms with Crippen LogP contribution in [-0.2, 0) is 6.42 Å². The second kappa shape index (κ2) is 7.25. The summed E-state index contributed by atoms with van der Waals surface area (Å²) in [7, 11) is 3.06. The Hall–Kier alpha value is -3.02. The second-order valence-electron chi connectivity index (χ2n) is 5.58. The van der Waals surface area contributed by atoms with E-state index in [-0.39, 0.29) is 5.91 Å². The van der Waals surface area contributed by atoms with Crippen LogP contribution in [0.15, 0.2) is 40.8 Å². The fraction of sp³-hybridized carbons (Fsp3) is 0.263. The van der Waals surface area contributed by atoms with E-state index >= 15 is 0 Å². The van der Waals surface area contributed by atoms with Gasteiger partial charge in [-0.05, 0) is 36.2 Å². The highest BCUT2D eigenvalue weighted by molar-refractivity contribution is 5.99. The SMILES string of the molecule is COc1cccc(OC)c1C(=O)NCCc1ccc2nc(C)oc2c1. The predicted molar refractivity (Wildman–Crippen MR) is 94.3 cm³/mol. The van der Waals surface area contributed by atoms with Crippen molar-refractivity contribution in [2.45, 2.75) is 13.3 Å². The van der Waals surface area contributed by atoms with Gasteiger partial charge in [-0.1, -0.05) is 12.1 Å². The van der Waals surface area contributed by atoms with Crippen molar-refractivity contribution in [2.24, 2.45) is 0 Å². The third-order valence-electron chi connectivity index (χ3n) is 3.91. The molecule has 0 aliphatic heterocycles. The largest absolute Gasteiger partial charge is 0.496 e. The molecule has 0 spiro atoms. The van der Waals surface area contributed by atoms with E-state index in [1.165, 1.54) is 14.2 Å². The van der Waals surface area contributed by atoms with Crippen LogP contribution < -0.4 is 14.8 Å². The lowest BCUT2D eigenvalue weighted by Crippen LogP contribution is -2.26. The molecular weight excluding hydrogens is 320 g/mol. The third-order valence-corrected chi connectivity index (χ3v) is 3.91. The second-order valence-corrected chi connectivity index (χ2v) is 5.58. The molecule has 1 heterocycles. The van der Waals surface area contributed by atoms with Crippen molar-refractivity contribution in [3.05, 3.63) is 53.4 Å². The van der Waals surface area contributed by atoms with Crippen LogP contribution in [0.25, 0.3) is 11.1 Å². The van der Waals surface area contributed by atoms with Gasteiger partial charge < -0.3 is 19.2 Å². The molecule has 0 bridgehead atoms. The molecule has 1 amide bonds. The van der Waals surface area contributed by atoms with Gasteiger partial charge in [0.15, 0.2) is 11.5 Å². The minimum atomic E-state index is -0.231. The van der Waals surface area contributed by atoms with Crippen LogP contribution in [0.3, 0.4) is 0 Å². The number of benzene rings is 2. The zero-order chi connectivity index (χ0) is 17.8. The summed E-state index contributed by atoms with van der Waals surface area (Å²) in [6.07, 6.45) is 0.679. The van der Waals surface area contributed by atoms with Crippen molar-refractivity contribution in [3.63, 3.8) is 0 Å². The first-order chi connectivity index (χ1) is 12.1. The molecule has 1 aromatic heterocycles. The minimum absolute atomic E-state index is 0.231. The Morgan fingerprint density at radius 3 is 2.56 bits per heavy atom. The first-order valence-corrected chi connectivity index (χ1v) is 7.97. The van der Waals surface area contributed by atoms with E-state index in [0.717, 1.165) is 16.7 Å². The molecule has 3 rings (SSSR count). The van der Waals surface area contributed by atoms with Crippen LogP contribution >= 0.6 is 0 Å². The van der Waals surface area contributed by atoms with E-state index in [1.807, 2.05) is 25.1 Å². The molecule has 2 aromatic carbocycles. The van der Waals surface area contributed by atoms with Gasteiger partial charge in [0.1, 0.15) is 22.6 Å². The Bertz CT molecular complexity index is 879. The lowest BCUT2D eigenvalue weighted by atomic mass is 10.1. The number of nitrogens with one attached hydrogen (secondary N) is 1. The number of carbonyl (C=O) groups excluding carboxylic acids is 1. The van der Waals surface area contributed by atoms with Crippen LogP contribution in [0.2, 0.25) is 0 Å². The van der Waals surface area contributed by atoms with Crippen molar-refractivity contribution in [1.82, 2.24) is 10.3 Å². The summed E-state index contributed by atoms with van der Waals surface area (Å²) in [6.45, 7) is 2.30. The van der Waals surface area contributed by atoms with Gasteiger partial charge in [0.05, 0.1) is 14.2 Å². The van der Waals surface area contributed by atoms with Crippen molar-refractivity contribution in [2.75, 3.05) is 20.8 Å². The Kier molecular flexibility index (Phi) is 4.88. The number of oxazole rings is 1. The van der Waals surface area contributed by atoms with E-state index in [4.69, 9.17) is 13.9 Å². The summed E-state index contributed by atoms with van der Waals surface area (Å²) in [6, 6.07) is 11.1. The maximum Gasteiger partial charge on any atom is 0.258 e. The van der Waals surface area contributed by atoms with Crippen LogP contribution in [0.5, 0.6) is 11.5 Å². The Labute approximate surface area is 145 Å². The van der Waals surface area contributed by atoms with E-state index in [1.54, 1.807) is 18.2 Å². The molecule has 3 aromatic rings. The number of fused-ring (bicyclic) bond motifs is 1. The van der Waals surface area contributed by atoms with Crippen LogP contribution in [-0.4, -0.2) is 31.7 Å². The summed E-state index contributed by atoms with van der Waals surface area (Å²) in [5, 5.41) is 2.90. The smallest absolute Gasteiger partial charge is 0.258 e. The van der Waals surface area contributed by atoms with Gasteiger partial charge in [-0.15, -0.1) is 0 Å². The number of ether oxygens (including phenoxy) is 2. The highest BCUT2D eigenvalue weighted by Crippen LogP contribution is 2.27. The quantitative estimate of drug-likeness (QED) is 0.746. The number of rotatable bonds is 6. The average Bonchev–Trinajstić information content (AvgIpc) is 3.00. The number of hydrogen-bond acceptors (Lipinski definition) is 5. The number of carbonyl (C=O) groups is 1. The van der Waals surface area contributed by atoms with E-state index < -0.39 is 0 Å². The predicted octanol–water partition coefficient (Wildman–Crippen LogP) is 3.13. The Morgan fingerprint density at radius 2 is 1.88 bits per heavy atom. The van der Waals surface area contributed by atoms with Crippen molar-refractivity contribution in [1.29, 1.82) is 0 Å². The zero-order valence-electron chi connectivity index (χ0n) is 14.5. The Morgan fingerprint density at radius 1 is 1.16 bits per heavy atom. The number of nitrogens with zero attached hydrogens (tertiary/aromatic N) is 1. The molecule has 130 valence electrons. The molecule has 1 N–H and O–H groups in total. The summed E-state index contributed by atoms with van der Waals surface area (Å²) in [4.78, 5) is 16.8. The maximum atomic E-state index is 12.5. The van der Waals surface area contributed by atoms with Crippen molar-refractivity contribution >= 4 is 17.0 Å². The van der Waals surface area contributed by atoms with Gasteiger partial charge in [-0.3, -0.25) is 4.79 Å². The summed E-state index contributed by atoms with van der Waals surface area (Å²) in [5.41, 5.74) is 3.06.